The predicted molar refractivity (Wildman–Crippen MR) is 61.8 cm³/mol. The molecule has 3 unspecified atom stereocenters. The van der Waals surface area contributed by atoms with Gasteiger partial charge in [-0.1, -0.05) is 13.8 Å². The van der Waals surface area contributed by atoms with Crippen LogP contribution in [0.25, 0.3) is 0 Å². The van der Waals surface area contributed by atoms with Crippen molar-refractivity contribution >= 4 is 0 Å². The number of nitrogens with zero attached hydrogens (tertiary/aromatic N) is 1. The second-order valence-corrected chi connectivity index (χ2v) is 5.95. The third-order valence-electron chi connectivity index (χ3n) is 4.36. The SMILES string of the molecule is CN1CCC(CNC2CC(O)C2(C)C)C1. The van der Waals surface area contributed by atoms with Crippen LogP contribution < -0.4 is 5.32 Å². The smallest absolute Gasteiger partial charge is 0.0621 e. The van der Waals surface area contributed by atoms with Crippen molar-refractivity contribution in [2.24, 2.45) is 11.3 Å². The van der Waals surface area contributed by atoms with Gasteiger partial charge in [0.1, 0.15) is 0 Å². The van der Waals surface area contributed by atoms with E-state index in [1.54, 1.807) is 0 Å². The summed E-state index contributed by atoms with van der Waals surface area (Å²) >= 11 is 0. The van der Waals surface area contributed by atoms with Gasteiger partial charge in [-0.25, -0.2) is 0 Å². The highest BCUT2D eigenvalue weighted by Gasteiger charge is 2.46. The minimum atomic E-state index is -0.110. The summed E-state index contributed by atoms with van der Waals surface area (Å²) in [5, 5.41) is 13.2. The van der Waals surface area contributed by atoms with Gasteiger partial charge in [-0.15, -0.1) is 0 Å². The highest BCUT2D eigenvalue weighted by molar-refractivity contribution is 5.01. The van der Waals surface area contributed by atoms with Crippen molar-refractivity contribution in [3.63, 3.8) is 0 Å². The molecule has 0 spiro atoms. The number of aliphatic hydroxyl groups is 1. The van der Waals surface area contributed by atoms with Gasteiger partial charge in [0.25, 0.3) is 0 Å². The van der Waals surface area contributed by atoms with E-state index in [2.05, 4.69) is 31.1 Å². The molecule has 1 saturated heterocycles. The van der Waals surface area contributed by atoms with Crippen LogP contribution in [0.5, 0.6) is 0 Å². The van der Waals surface area contributed by atoms with E-state index >= 15 is 0 Å². The van der Waals surface area contributed by atoms with Crippen molar-refractivity contribution in [2.45, 2.75) is 38.8 Å². The summed E-state index contributed by atoms with van der Waals surface area (Å²) in [6.07, 6.45) is 2.13. The van der Waals surface area contributed by atoms with Crippen molar-refractivity contribution < 1.29 is 5.11 Å². The van der Waals surface area contributed by atoms with E-state index in [4.69, 9.17) is 0 Å². The fourth-order valence-corrected chi connectivity index (χ4v) is 2.75. The number of nitrogens with one attached hydrogen (secondary N) is 1. The van der Waals surface area contributed by atoms with Gasteiger partial charge < -0.3 is 15.3 Å². The molecule has 0 aromatic heterocycles. The van der Waals surface area contributed by atoms with Gasteiger partial charge in [-0.3, -0.25) is 0 Å². The second-order valence-electron chi connectivity index (χ2n) is 5.95. The molecule has 2 fully saturated rings. The minimum absolute atomic E-state index is 0.0739. The van der Waals surface area contributed by atoms with Gasteiger partial charge in [-0.05, 0) is 38.9 Å². The number of rotatable bonds is 3. The monoisotopic (exact) mass is 212 g/mol. The molecule has 0 aromatic rings. The molecule has 1 aliphatic heterocycles. The maximum Gasteiger partial charge on any atom is 0.0621 e. The Morgan fingerprint density at radius 1 is 1.47 bits per heavy atom. The summed E-state index contributed by atoms with van der Waals surface area (Å²) in [4.78, 5) is 2.40. The summed E-state index contributed by atoms with van der Waals surface area (Å²) in [5.74, 6) is 0.809. The summed E-state index contributed by atoms with van der Waals surface area (Å²) < 4.78 is 0. The third kappa shape index (κ3) is 2.19. The lowest BCUT2D eigenvalue weighted by Gasteiger charge is -2.50. The Morgan fingerprint density at radius 2 is 2.20 bits per heavy atom. The van der Waals surface area contributed by atoms with Gasteiger partial charge in [0.15, 0.2) is 0 Å². The van der Waals surface area contributed by atoms with E-state index in [1.807, 2.05) is 0 Å². The molecule has 3 heteroatoms. The molecule has 3 nitrogen and oxygen atoms in total. The summed E-state index contributed by atoms with van der Waals surface area (Å²) in [7, 11) is 2.19. The molecule has 1 saturated carbocycles. The molecule has 15 heavy (non-hydrogen) atoms. The van der Waals surface area contributed by atoms with E-state index in [1.165, 1.54) is 19.5 Å². The van der Waals surface area contributed by atoms with Crippen molar-refractivity contribution in [1.29, 1.82) is 0 Å². The maximum absolute atomic E-state index is 9.63. The molecule has 2 rings (SSSR count). The van der Waals surface area contributed by atoms with Gasteiger partial charge >= 0.3 is 0 Å². The maximum atomic E-state index is 9.63. The van der Waals surface area contributed by atoms with Crippen molar-refractivity contribution in [3.8, 4) is 0 Å². The molecule has 1 aliphatic carbocycles. The third-order valence-corrected chi connectivity index (χ3v) is 4.36. The van der Waals surface area contributed by atoms with Crippen LogP contribution in [0, 0.1) is 11.3 Å². The normalized spacial score (nSPS) is 40.4. The van der Waals surface area contributed by atoms with Crippen molar-refractivity contribution in [2.75, 3.05) is 26.7 Å². The van der Waals surface area contributed by atoms with E-state index < -0.39 is 0 Å². The molecule has 3 atom stereocenters. The molecular formula is C12H24N2O. The van der Waals surface area contributed by atoms with E-state index in [0.29, 0.717) is 6.04 Å². The summed E-state index contributed by atoms with van der Waals surface area (Å²) in [6, 6.07) is 0.512. The van der Waals surface area contributed by atoms with Crippen LogP contribution in [0.15, 0.2) is 0 Å². The lowest BCUT2D eigenvalue weighted by atomic mass is 9.64. The Balaban J connectivity index is 1.71. The predicted octanol–water partition coefficient (Wildman–Crippen LogP) is 0.687. The zero-order valence-corrected chi connectivity index (χ0v) is 10.2. The largest absolute Gasteiger partial charge is 0.392 e. The molecule has 0 aromatic carbocycles. The zero-order chi connectivity index (χ0) is 11.1. The Hall–Kier alpha value is -0.120. The quantitative estimate of drug-likeness (QED) is 0.722. The van der Waals surface area contributed by atoms with Crippen LogP contribution in [0.1, 0.15) is 26.7 Å². The Kier molecular flexibility index (Phi) is 3.06. The lowest BCUT2D eigenvalue weighted by molar-refractivity contribution is -0.0731. The van der Waals surface area contributed by atoms with Crippen molar-refractivity contribution in [1.82, 2.24) is 10.2 Å². The van der Waals surface area contributed by atoms with Gasteiger partial charge in [0, 0.05) is 18.0 Å². The zero-order valence-electron chi connectivity index (χ0n) is 10.2. The molecule has 1 heterocycles. The number of hydrogen-bond acceptors (Lipinski definition) is 3. The first-order valence-electron chi connectivity index (χ1n) is 6.10. The topological polar surface area (TPSA) is 35.5 Å². The van der Waals surface area contributed by atoms with E-state index in [9.17, 15) is 5.11 Å². The van der Waals surface area contributed by atoms with Crippen LogP contribution in [-0.4, -0.2) is 48.8 Å². The Labute approximate surface area is 92.8 Å². The lowest BCUT2D eigenvalue weighted by Crippen LogP contribution is -2.60. The molecule has 88 valence electrons. The second kappa shape index (κ2) is 4.04. The first-order chi connectivity index (χ1) is 7.00. The van der Waals surface area contributed by atoms with Gasteiger partial charge in [0.05, 0.1) is 6.10 Å². The number of aliphatic hydroxyl groups excluding tert-OH is 1. The summed E-state index contributed by atoms with van der Waals surface area (Å²) in [5.41, 5.74) is 0.0739. The fraction of sp³-hybridized carbons (Fsp3) is 1.00. The van der Waals surface area contributed by atoms with E-state index in [0.717, 1.165) is 18.9 Å². The first-order valence-corrected chi connectivity index (χ1v) is 6.10. The molecule has 0 amide bonds. The number of likely N-dealkylation sites (tertiary alicyclic amines) is 1. The average Bonchev–Trinajstić information content (AvgIpc) is 2.58. The summed E-state index contributed by atoms with van der Waals surface area (Å²) in [6.45, 7) is 7.89. The van der Waals surface area contributed by atoms with Crippen LogP contribution in [0.4, 0.5) is 0 Å². The molecular weight excluding hydrogens is 188 g/mol. The standard InChI is InChI=1S/C12H24N2O/c1-12(2)10(6-11(12)15)13-7-9-4-5-14(3)8-9/h9-11,13,15H,4-8H2,1-3H3. The number of hydrogen-bond donors (Lipinski definition) is 2. The Bertz CT molecular complexity index is 230. The molecule has 0 radical (unpaired) electrons. The van der Waals surface area contributed by atoms with Crippen LogP contribution in [0.2, 0.25) is 0 Å². The highest BCUT2D eigenvalue weighted by atomic mass is 16.3. The molecule has 2 N–H and O–H groups in total. The van der Waals surface area contributed by atoms with Crippen LogP contribution in [-0.2, 0) is 0 Å². The minimum Gasteiger partial charge on any atom is -0.392 e. The first kappa shape index (κ1) is 11.4. The van der Waals surface area contributed by atoms with E-state index in [-0.39, 0.29) is 11.5 Å². The van der Waals surface area contributed by atoms with Gasteiger partial charge in [-0.2, -0.15) is 0 Å². The fourth-order valence-electron chi connectivity index (χ4n) is 2.75. The van der Waals surface area contributed by atoms with Crippen LogP contribution >= 0.6 is 0 Å². The highest BCUT2D eigenvalue weighted by Crippen LogP contribution is 2.40. The van der Waals surface area contributed by atoms with Gasteiger partial charge in [0.2, 0.25) is 0 Å². The van der Waals surface area contributed by atoms with Crippen molar-refractivity contribution in [3.05, 3.63) is 0 Å². The molecule has 0 bridgehead atoms. The Morgan fingerprint density at radius 3 is 2.67 bits per heavy atom. The van der Waals surface area contributed by atoms with Crippen LogP contribution in [0.3, 0.4) is 0 Å². The molecule has 2 aliphatic rings. The average molecular weight is 212 g/mol.